The third-order valence-corrected chi connectivity index (χ3v) is 9.06. The number of aldehydes is 1. The van der Waals surface area contributed by atoms with Gasteiger partial charge in [0.05, 0.1) is 49.5 Å². The molecule has 0 spiro atoms. The molecular formula is C32H40F3N3O6. The molecule has 12 heteroatoms. The van der Waals surface area contributed by atoms with Crippen LogP contribution in [0.2, 0.25) is 0 Å². The number of aromatic nitrogens is 2. The van der Waals surface area contributed by atoms with Crippen LogP contribution >= 0.6 is 0 Å². The van der Waals surface area contributed by atoms with Crippen LogP contribution in [0.4, 0.5) is 13.2 Å². The van der Waals surface area contributed by atoms with Crippen molar-refractivity contribution in [2.24, 2.45) is 23.2 Å². The molecule has 1 aromatic carbocycles. The number of rotatable bonds is 3. The molecule has 1 aromatic heterocycles. The van der Waals surface area contributed by atoms with Crippen molar-refractivity contribution in [3.63, 3.8) is 0 Å². The Morgan fingerprint density at radius 2 is 1.82 bits per heavy atom. The molecule has 5 rings (SSSR count). The fourth-order valence-corrected chi connectivity index (χ4v) is 6.43. The minimum Gasteiger partial charge on any atom is -0.497 e. The molecule has 3 heterocycles. The van der Waals surface area contributed by atoms with Gasteiger partial charge in [0.25, 0.3) is 0 Å². The molecule has 6 atom stereocenters. The molecule has 9 nitrogen and oxygen atoms in total. The molecule has 1 saturated heterocycles. The van der Waals surface area contributed by atoms with Crippen molar-refractivity contribution in [3.05, 3.63) is 23.9 Å². The summed E-state index contributed by atoms with van der Waals surface area (Å²) in [5.74, 6) is -2.49. The van der Waals surface area contributed by atoms with Crippen molar-refractivity contribution >= 4 is 29.2 Å². The summed E-state index contributed by atoms with van der Waals surface area (Å²) in [4.78, 5) is 50.0. The van der Waals surface area contributed by atoms with Crippen LogP contribution < -0.4 is 9.47 Å². The van der Waals surface area contributed by atoms with Crippen LogP contribution in [0.3, 0.4) is 0 Å². The first-order valence-electron chi connectivity index (χ1n) is 15.3. The second kappa shape index (κ2) is 12.5. The number of aryl methyl sites for hydroxylation is 1. The number of ether oxygens (including phenoxy) is 3. The lowest BCUT2D eigenvalue weighted by Gasteiger charge is -2.34. The van der Waals surface area contributed by atoms with Gasteiger partial charge >= 0.3 is 12.1 Å². The van der Waals surface area contributed by atoms with Gasteiger partial charge in [-0.1, -0.05) is 33.6 Å². The number of amides is 1. The minimum absolute atomic E-state index is 0.0844. The molecule has 2 aromatic rings. The molecule has 2 bridgehead atoms. The van der Waals surface area contributed by atoms with E-state index in [2.05, 4.69) is 4.98 Å². The number of hydrogen-bond acceptors (Lipinski definition) is 8. The summed E-state index contributed by atoms with van der Waals surface area (Å²) in [6.07, 6.45) is -2.48. The Hall–Kier alpha value is -3.44. The summed E-state index contributed by atoms with van der Waals surface area (Å²) in [7, 11) is 1.51. The lowest BCUT2D eigenvalue weighted by atomic mass is 9.77. The second-order valence-electron chi connectivity index (χ2n) is 13.3. The summed E-state index contributed by atoms with van der Waals surface area (Å²) in [5, 5.41) is 0. The standard InChI is InChI=1S/C32H40F3N3O6/c1-31(2,3)21-14-28(40)43-26-12-18(26)8-6-5-7-9-23-29(37-24-13-19(42-4)10-11-22(24)36-23)44-27-16-38(30(21)41)25(17-39)20(27)15-32(33,34)35/h10-11,13,17-18,20-21,25-27H,5-9,12,14-16H2,1-4H3/t18-,20+,21-,25-,26-,27+/m1/s1. The first-order valence-corrected chi connectivity index (χ1v) is 15.3. The zero-order valence-corrected chi connectivity index (χ0v) is 25.6. The van der Waals surface area contributed by atoms with E-state index in [1.165, 1.54) is 7.11 Å². The fourth-order valence-electron chi connectivity index (χ4n) is 6.43. The summed E-state index contributed by atoms with van der Waals surface area (Å²) >= 11 is 0. The number of halogens is 3. The normalized spacial score (nSPS) is 28.7. The van der Waals surface area contributed by atoms with Crippen LogP contribution in [0, 0.1) is 23.2 Å². The van der Waals surface area contributed by atoms with E-state index in [1.807, 2.05) is 0 Å². The van der Waals surface area contributed by atoms with Crippen molar-refractivity contribution in [1.29, 1.82) is 0 Å². The molecule has 2 aliphatic heterocycles. The number of alkyl halides is 3. The number of carbonyl (C=O) groups excluding carboxylic acids is 3. The Morgan fingerprint density at radius 3 is 2.50 bits per heavy atom. The van der Waals surface area contributed by atoms with Gasteiger partial charge in [-0.25, -0.2) is 9.97 Å². The summed E-state index contributed by atoms with van der Waals surface area (Å²) < 4.78 is 59.0. The summed E-state index contributed by atoms with van der Waals surface area (Å²) in [6, 6.07) is 3.79. The van der Waals surface area contributed by atoms with E-state index in [9.17, 15) is 27.6 Å². The maximum absolute atomic E-state index is 14.0. The van der Waals surface area contributed by atoms with Crippen molar-refractivity contribution in [1.82, 2.24) is 14.9 Å². The predicted molar refractivity (Wildman–Crippen MR) is 154 cm³/mol. The zero-order valence-electron chi connectivity index (χ0n) is 25.6. The number of fused-ring (bicyclic) bond motifs is 5. The monoisotopic (exact) mass is 619 g/mol. The number of nitrogens with zero attached hydrogens (tertiary/aromatic N) is 3. The van der Waals surface area contributed by atoms with E-state index >= 15 is 0 Å². The highest BCUT2D eigenvalue weighted by Gasteiger charge is 2.52. The SMILES string of the molecule is COc1ccc2nc3c(nc2c1)O[C@H]1CN(C(=O)[C@H](C(C)(C)C)CC(=O)O[C@@H]2C[C@H]2CCCCC3)[C@H](C=O)[C@@H]1CC(F)(F)F. The lowest BCUT2D eigenvalue weighted by Crippen LogP contribution is -2.46. The smallest absolute Gasteiger partial charge is 0.389 e. The van der Waals surface area contributed by atoms with Gasteiger partial charge in [-0.3, -0.25) is 9.59 Å². The Labute approximate surface area is 254 Å². The number of methoxy groups -OCH3 is 1. The molecule has 3 aliphatic rings. The first kappa shape index (κ1) is 32.0. The van der Waals surface area contributed by atoms with Crippen LogP contribution in [0.1, 0.15) is 71.4 Å². The lowest BCUT2D eigenvalue weighted by molar-refractivity contribution is -0.156. The molecule has 2 fully saturated rings. The molecular weight excluding hydrogens is 579 g/mol. The maximum Gasteiger partial charge on any atom is 0.389 e. The van der Waals surface area contributed by atoms with E-state index in [4.69, 9.17) is 19.2 Å². The molecule has 1 amide bonds. The highest BCUT2D eigenvalue weighted by molar-refractivity contribution is 5.87. The average molecular weight is 620 g/mol. The average Bonchev–Trinajstić information content (AvgIpc) is 3.59. The van der Waals surface area contributed by atoms with Crippen molar-refractivity contribution < 1.29 is 41.8 Å². The Kier molecular flexibility index (Phi) is 9.09. The van der Waals surface area contributed by atoms with Crippen molar-refractivity contribution in [2.75, 3.05) is 13.7 Å². The van der Waals surface area contributed by atoms with E-state index in [0.29, 0.717) is 35.2 Å². The van der Waals surface area contributed by atoms with Crippen LogP contribution in [0.25, 0.3) is 11.0 Å². The molecule has 1 aliphatic carbocycles. The maximum atomic E-state index is 14.0. The van der Waals surface area contributed by atoms with Crippen LogP contribution in [0.5, 0.6) is 11.6 Å². The first-order chi connectivity index (χ1) is 20.8. The fraction of sp³-hybridized carbons (Fsp3) is 0.656. The largest absolute Gasteiger partial charge is 0.497 e. The van der Waals surface area contributed by atoms with E-state index in [1.54, 1.807) is 39.0 Å². The van der Waals surface area contributed by atoms with Crippen LogP contribution in [0.15, 0.2) is 18.2 Å². The molecule has 0 radical (unpaired) electrons. The van der Waals surface area contributed by atoms with Gasteiger partial charge in [-0.15, -0.1) is 0 Å². The molecule has 0 N–H and O–H groups in total. The van der Waals surface area contributed by atoms with Gasteiger partial charge in [-0.05, 0) is 49.1 Å². The Bertz CT molecular complexity index is 1390. The third-order valence-electron chi connectivity index (χ3n) is 9.06. The molecule has 44 heavy (non-hydrogen) atoms. The topological polar surface area (TPSA) is 108 Å². The van der Waals surface area contributed by atoms with Gasteiger partial charge in [0, 0.05) is 12.0 Å². The van der Waals surface area contributed by atoms with E-state index < -0.39 is 53.9 Å². The Balaban J connectivity index is 1.55. The molecule has 1 saturated carbocycles. The molecule has 0 unspecified atom stereocenters. The van der Waals surface area contributed by atoms with E-state index in [0.717, 1.165) is 37.0 Å². The number of carbonyl (C=O) groups is 3. The van der Waals surface area contributed by atoms with Gasteiger partial charge in [0.15, 0.2) is 0 Å². The number of esters is 1. The van der Waals surface area contributed by atoms with Crippen LogP contribution in [-0.4, -0.2) is 71.1 Å². The molecule has 240 valence electrons. The van der Waals surface area contributed by atoms with Crippen LogP contribution in [-0.2, 0) is 25.5 Å². The van der Waals surface area contributed by atoms with Gasteiger partial charge < -0.3 is 23.9 Å². The van der Waals surface area contributed by atoms with Gasteiger partial charge in [0.2, 0.25) is 11.8 Å². The third kappa shape index (κ3) is 7.26. The number of hydrogen-bond donors (Lipinski definition) is 0. The summed E-state index contributed by atoms with van der Waals surface area (Å²) in [6.45, 7) is 5.08. The predicted octanol–water partition coefficient (Wildman–Crippen LogP) is 5.46. The second-order valence-corrected chi connectivity index (χ2v) is 13.3. The quantitative estimate of drug-likeness (QED) is 0.329. The minimum atomic E-state index is -4.62. The van der Waals surface area contributed by atoms with E-state index in [-0.39, 0.29) is 30.9 Å². The number of benzene rings is 1. The highest BCUT2D eigenvalue weighted by Crippen LogP contribution is 2.42. The van der Waals surface area contributed by atoms with Gasteiger partial charge in [-0.2, -0.15) is 13.2 Å². The summed E-state index contributed by atoms with van der Waals surface area (Å²) in [5.41, 5.74) is 0.808. The van der Waals surface area contributed by atoms with Crippen molar-refractivity contribution in [2.45, 2.75) is 96.6 Å². The van der Waals surface area contributed by atoms with Gasteiger partial charge in [0.1, 0.15) is 29.9 Å². The zero-order chi connectivity index (χ0) is 31.8. The Morgan fingerprint density at radius 1 is 1.05 bits per heavy atom. The highest BCUT2D eigenvalue weighted by atomic mass is 19.4. The van der Waals surface area contributed by atoms with Crippen molar-refractivity contribution in [3.8, 4) is 11.6 Å².